The first-order valence-corrected chi connectivity index (χ1v) is 8.05. The highest BCUT2D eigenvalue weighted by atomic mass is 16.2. The van der Waals surface area contributed by atoms with E-state index in [1.54, 1.807) is 12.3 Å². The third-order valence-electron chi connectivity index (χ3n) is 4.82. The Morgan fingerprint density at radius 1 is 1.29 bits per heavy atom. The predicted molar refractivity (Wildman–Crippen MR) is 81.1 cm³/mol. The molecule has 0 radical (unpaired) electrons. The minimum Gasteiger partial charge on any atom is -0.333 e. The van der Waals surface area contributed by atoms with Gasteiger partial charge < -0.3 is 4.90 Å². The van der Waals surface area contributed by atoms with Gasteiger partial charge in [0.25, 0.3) is 5.91 Å². The van der Waals surface area contributed by atoms with Crippen molar-refractivity contribution in [3.8, 4) is 0 Å². The van der Waals surface area contributed by atoms with Crippen molar-refractivity contribution in [3.63, 3.8) is 0 Å². The van der Waals surface area contributed by atoms with Crippen LogP contribution < -0.4 is 0 Å². The number of aryl methyl sites for hydroxylation is 1. The Labute approximate surface area is 126 Å². The Kier molecular flexibility index (Phi) is 4.19. The molecule has 1 amide bonds. The summed E-state index contributed by atoms with van der Waals surface area (Å²) < 4.78 is 0. The van der Waals surface area contributed by atoms with Crippen LogP contribution in [-0.2, 0) is 0 Å². The Morgan fingerprint density at radius 3 is 2.81 bits per heavy atom. The minimum atomic E-state index is 0.0750. The summed E-state index contributed by atoms with van der Waals surface area (Å²) in [6.07, 6.45) is 6.37. The van der Waals surface area contributed by atoms with Gasteiger partial charge in [-0.2, -0.15) is 0 Å². The molecule has 0 aliphatic carbocycles. The van der Waals surface area contributed by atoms with E-state index in [-0.39, 0.29) is 5.91 Å². The molecule has 2 fully saturated rings. The lowest BCUT2D eigenvalue weighted by atomic mass is 10.0. The van der Waals surface area contributed by atoms with Crippen LogP contribution in [0.15, 0.2) is 12.3 Å². The van der Waals surface area contributed by atoms with E-state index in [9.17, 15) is 4.79 Å². The molecule has 0 saturated carbocycles. The summed E-state index contributed by atoms with van der Waals surface area (Å²) in [4.78, 5) is 25.7. The van der Waals surface area contributed by atoms with Crippen LogP contribution in [0.5, 0.6) is 0 Å². The van der Waals surface area contributed by atoms with Crippen LogP contribution in [0.3, 0.4) is 0 Å². The van der Waals surface area contributed by atoms with E-state index >= 15 is 0 Å². The molecule has 3 rings (SSSR count). The second-order valence-electron chi connectivity index (χ2n) is 6.04. The maximum atomic E-state index is 12.8. The number of carbonyl (C=O) groups is 1. The number of nitrogens with zero attached hydrogens (tertiary/aromatic N) is 4. The average Bonchev–Trinajstić information content (AvgIpc) is 3.14. The summed E-state index contributed by atoms with van der Waals surface area (Å²) >= 11 is 0. The lowest BCUT2D eigenvalue weighted by Gasteiger charge is -2.34. The molecule has 2 aliphatic rings. The standard InChI is InChI=1S/C16H24N4O/c1-3-19-10-4-6-14(19)15-7-5-11-20(15)16(21)13-8-9-17-12(2)18-13/h8-9,14-15H,3-7,10-11H2,1-2H3/t14-,15-/m1/s1. The van der Waals surface area contributed by atoms with E-state index < -0.39 is 0 Å². The average molecular weight is 288 g/mol. The fourth-order valence-corrected chi connectivity index (χ4v) is 3.85. The maximum absolute atomic E-state index is 12.8. The first-order valence-electron chi connectivity index (χ1n) is 8.05. The van der Waals surface area contributed by atoms with Gasteiger partial charge in [-0.3, -0.25) is 9.69 Å². The zero-order chi connectivity index (χ0) is 14.8. The van der Waals surface area contributed by atoms with Crippen LogP contribution >= 0.6 is 0 Å². The fourth-order valence-electron chi connectivity index (χ4n) is 3.85. The minimum absolute atomic E-state index is 0.0750. The number of likely N-dealkylation sites (N-methyl/N-ethyl adjacent to an activating group) is 1. The highest BCUT2D eigenvalue weighted by Crippen LogP contribution is 2.30. The van der Waals surface area contributed by atoms with Crippen LogP contribution in [0.2, 0.25) is 0 Å². The first-order chi connectivity index (χ1) is 10.2. The van der Waals surface area contributed by atoms with Crippen molar-refractivity contribution in [1.29, 1.82) is 0 Å². The molecule has 2 saturated heterocycles. The van der Waals surface area contributed by atoms with Gasteiger partial charge in [-0.05, 0) is 51.8 Å². The number of amides is 1. The number of carbonyl (C=O) groups excluding carboxylic acids is 1. The van der Waals surface area contributed by atoms with Crippen molar-refractivity contribution < 1.29 is 4.79 Å². The summed E-state index contributed by atoms with van der Waals surface area (Å²) in [5, 5.41) is 0. The molecule has 0 spiro atoms. The van der Waals surface area contributed by atoms with Gasteiger partial charge in [0.2, 0.25) is 0 Å². The summed E-state index contributed by atoms with van der Waals surface area (Å²) in [6.45, 7) is 7.16. The summed E-state index contributed by atoms with van der Waals surface area (Å²) in [6, 6.07) is 2.62. The zero-order valence-corrected chi connectivity index (χ0v) is 13.0. The molecule has 0 unspecified atom stereocenters. The molecule has 1 aromatic rings. The number of hydrogen-bond donors (Lipinski definition) is 0. The topological polar surface area (TPSA) is 49.3 Å². The summed E-state index contributed by atoms with van der Waals surface area (Å²) in [5.74, 6) is 0.735. The molecule has 2 atom stereocenters. The van der Waals surface area contributed by atoms with E-state index in [4.69, 9.17) is 0 Å². The zero-order valence-electron chi connectivity index (χ0n) is 13.0. The van der Waals surface area contributed by atoms with Gasteiger partial charge in [-0.1, -0.05) is 6.92 Å². The Morgan fingerprint density at radius 2 is 2.05 bits per heavy atom. The van der Waals surface area contributed by atoms with E-state index in [0.717, 1.165) is 25.9 Å². The molecule has 0 aromatic carbocycles. The molecule has 5 nitrogen and oxygen atoms in total. The van der Waals surface area contributed by atoms with Crippen molar-refractivity contribution >= 4 is 5.91 Å². The van der Waals surface area contributed by atoms with E-state index in [1.165, 1.54) is 19.4 Å². The van der Waals surface area contributed by atoms with E-state index in [2.05, 4.69) is 26.7 Å². The molecule has 5 heteroatoms. The molecule has 2 aliphatic heterocycles. The van der Waals surface area contributed by atoms with Gasteiger partial charge in [-0.15, -0.1) is 0 Å². The molecule has 114 valence electrons. The van der Waals surface area contributed by atoms with Gasteiger partial charge >= 0.3 is 0 Å². The normalized spacial score (nSPS) is 26.5. The lowest BCUT2D eigenvalue weighted by molar-refractivity contribution is 0.0643. The van der Waals surface area contributed by atoms with Crippen molar-refractivity contribution in [2.75, 3.05) is 19.6 Å². The molecule has 1 aromatic heterocycles. The van der Waals surface area contributed by atoms with Gasteiger partial charge in [0.1, 0.15) is 11.5 Å². The fraction of sp³-hybridized carbons (Fsp3) is 0.688. The maximum Gasteiger partial charge on any atom is 0.272 e. The third kappa shape index (κ3) is 2.79. The van der Waals surface area contributed by atoms with Gasteiger partial charge in [0, 0.05) is 24.8 Å². The second-order valence-corrected chi connectivity index (χ2v) is 6.04. The second kappa shape index (κ2) is 6.10. The van der Waals surface area contributed by atoms with Gasteiger partial charge in [0.15, 0.2) is 0 Å². The molecule has 21 heavy (non-hydrogen) atoms. The summed E-state index contributed by atoms with van der Waals surface area (Å²) in [5.41, 5.74) is 0.537. The largest absolute Gasteiger partial charge is 0.333 e. The van der Waals surface area contributed by atoms with Gasteiger partial charge in [-0.25, -0.2) is 9.97 Å². The van der Waals surface area contributed by atoms with Crippen molar-refractivity contribution in [2.24, 2.45) is 0 Å². The number of rotatable bonds is 3. The number of aromatic nitrogens is 2. The highest BCUT2D eigenvalue weighted by molar-refractivity contribution is 5.92. The van der Waals surface area contributed by atoms with Crippen LogP contribution in [0.1, 0.15) is 48.9 Å². The van der Waals surface area contributed by atoms with Crippen LogP contribution in [0, 0.1) is 6.92 Å². The van der Waals surface area contributed by atoms with Crippen LogP contribution in [-0.4, -0.2) is 57.4 Å². The summed E-state index contributed by atoms with van der Waals surface area (Å²) in [7, 11) is 0. The molecular weight excluding hydrogens is 264 g/mol. The van der Waals surface area contributed by atoms with Crippen LogP contribution in [0.25, 0.3) is 0 Å². The van der Waals surface area contributed by atoms with Crippen molar-refractivity contribution in [2.45, 2.75) is 51.6 Å². The predicted octanol–water partition coefficient (Wildman–Crippen LogP) is 1.87. The van der Waals surface area contributed by atoms with Crippen molar-refractivity contribution in [1.82, 2.24) is 19.8 Å². The van der Waals surface area contributed by atoms with Crippen LogP contribution in [0.4, 0.5) is 0 Å². The smallest absolute Gasteiger partial charge is 0.272 e. The van der Waals surface area contributed by atoms with Gasteiger partial charge in [0.05, 0.1) is 0 Å². The Balaban J connectivity index is 1.79. The van der Waals surface area contributed by atoms with E-state index in [0.29, 0.717) is 23.6 Å². The third-order valence-corrected chi connectivity index (χ3v) is 4.82. The lowest BCUT2D eigenvalue weighted by Crippen LogP contribution is -2.48. The SMILES string of the molecule is CCN1CCC[C@@H]1[C@H]1CCCN1C(=O)c1ccnc(C)n1. The Bertz CT molecular complexity index is 519. The monoisotopic (exact) mass is 288 g/mol. The quantitative estimate of drug-likeness (QED) is 0.852. The van der Waals surface area contributed by atoms with E-state index in [1.807, 2.05) is 6.92 Å². The molecular formula is C16H24N4O. The number of likely N-dealkylation sites (tertiary alicyclic amines) is 2. The highest BCUT2D eigenvalue weighted by Gasteiger charge is 2.39. The number of hydrogen-bond acceptors (Lipinski definition) is 4. The first kappa shape index (κ1) is 14.4. The molecule has 3 heterocycles. The molecule has 0 N–H and O–H groups in total. The molecule has 0 bridgehead atoms. The Hall–Kier alpha value is -1.49. The van der Waals surface area contributed by atoms with Crippen molar-refractivity contribution in [3.05, 3.63) is 23.8 Å².